The van der Waals surface area contributed by atoms with Crippen LogP contribution in [0.25, 0.3) is 0 Å². The Bertz CT molecular complexity index is 248. The van der Waals surface area contributed by atoms with Gasteiger partial charge >= 0.3 is 0 Å². The summed E-state index contributed by atoms with van der Waals surface area (Å²) in [5.74, 6) is 0. The van der Waals surface area contributed by atoms with Crippen molar-refractivity contribution in [2.45, 2.75) is 26.5 Å². The molecule has 0 fully saturated rings. The van der Waals surface area contributed by atoms with Gasteiger partial charge in [0, 0.05) is 19.3 Å². The summed E-state index contributed by atoms with van der Waals surface area (Å²) in [5.41, 5.74) is 0.816. The molecule has 1 N–H and O–H groups in total. The van der Waals surface area contributed by atoms with E-state index in [1.165, 1.54) is 0 Å². The summed E-state index contributed by atoms with van der Waals surface area (Å²) in [6.45, 7) is 5.62. The molecule has 1 unspecified atom stereocenters. The number of rotatable bonds is 5. The Labute approximate surface area is 78.1 Å². The van der Waals surface area contributed by atoms with Crippen molar-refractivity contribution < 1.29 is 9.84 Å². The Morgan fingerprint density at radius 3 is 3.00 bits per heavy atom. The van der Waals surface area contributed by atoms with E-state index in [9.17, 15) is 5.11 Å². The van der Waals surface area contributed by atoms with Crippen molar-refractivity contribution in [3.8, 4) is 0 Å². The lowest BCUT2D eigenvalue weighted by atomic mass is 10.2. The van der Waals surface area contributed by atoms with E-state index in [4.69, 9.17) is 4.74 Å². The van der Waals surface area contributed by atoms with Crippen LogP contribution < -0.4 is 0 Å². The molecule has 1 rings (SSSR count). The Kier molecular flexibility index (Phi) is 3.92. The van der Waals surface area contributed by atoms with Gasteiger partial charge in [0.1, 0.15) is 6.10 Å². The zero-order valence-corrected chi connectivity index (χ0v) is 8.10. The number of hydrogen-bond acceptors (Lipinski definition) is 3. The fourth-order valence-electron chi connectivity index (χ4n) is 1.21. The summed E-state index contributed by atoms with van der Waals surface area (Å²) in [5, 5.41) is 13.7. The number of hydrogen-bond donors (Lipinski definition) is 1. The van der Waals surface area contributed by atoms with Crippen LogP contribution >= 0.6 is 0 Å². The molecule has 0 saturated carbocycles. The van der Waals surface area contributed by atoms with E-state index in [1.54, 1.807) is 10.9 Å². The van der Waals surface area contributed by atoms with Crippen molar-refractivity contribution in [1.29, 1.82) is 0 Å². The van der Waals surface area contributed by atoms with Gasteiger partial charge in [-0.15, -0.1) is 0 Å². The molecule has 0 amide bonds. The Hall–Kier alpha value is -0.870. The second-order valence-corrected chi connectivity index (χ2v) is 2.75. The molecule has 0 aromatic carbocycles. The first-order valence-corrected chi connectivity index (χ1v) is 4.57. The quantitative estimate of drug-likeness (QED) is 0.741. The number of nitrogens with zero attached hydrogens (tertiary/aromatic N) is 2. The van der Waals surface area contributed by atoms with Gasteiger partial charge in [-0.05, 0) is 19.9 Å². The lowest BCUT2D eigenvalue weighted by Gasteiger charge is -2.11. The Morgan fingerprint density at radius 1 is 1.62 bits per heavy atom. The van der Waals surface area contributed by atoms with Crippen LogP contribution in [0.5, 0.6) is 0 Å². The molecular formula is C9H16N2O2. The van der Waals surface area contributed by atoms with Crippen LogP contribution in [0.4, 0.5) is 0 Å². The number of aliphatic hydroxyl groups excluding tert-OH is 1. The first kappa shape index (κ1) is 10.2. The van der Waals surface area contributed by atoms with Crippen LogP contribution in [0.3, 0.4) is 0 Å². The summed E-state index contributed by atoms with van der Waals surface area (Å²) in [6.07, 6.45) is 1.12. The summed E-state index contributed by atoms with van der Waals surface area (Å²) < 4.78 is 6.90. The normalized spacial score (nSPS) is 13.2. The van der Waals surface area contributed by atoms with Gasteiger partial charge in [-0.1, -0.05) is 0 Å². The maximum atomic E-state index is 9.67. The monoisotopic (exact) mass is 184 g/mol. The van der Waals surface area contributed by atoms with Crippen LogP contribution in [0.1, 0.15) is 25.6 Å². The lowest BCUT2D eigenvalue weighted by Crippen LogP contribution is -2.12. The van der Waals surface area contributed by atoms with Crippen LogP contribution in [-0.2, 0) is 11.3 Å². The molecule has 0 aliphatic rings. The highest BCUT2D eigenvalue weighted by Crippen LogP contribution is 2.12. The fourth-order valence-corrected chi connectivity index (χ4v) is 1.21. The van der Waals surface area contributed by atoms with Gasteiger partial charge in [0.15, 0.2) is 0 Å². The van der Waals surface area contributed by atoms with E-state index in [0.29, 0.717) is 13.2 Å². The molecule has 0 spiro atoms. The van der Waals surface area contributed by atoms with Crippen molar-refractivity contribution in [3.05, 3.63) is 18.0 Å². The van der Waals surface area contributed by atoms with E-state index in [2.05, 4.69) is 5.10 Å². The maximum absolute atomic E-state index is 9.67. The van der Waals surface area contributed by atoms with E-state index < -0.39 is 6.10 Å². The van der Waals surface area contributed by atoms with Crippen molar-refractivity contribution in [3.63, 3.8) is 0 Å². The predicted octanol–water partition coefficient (Wildman–Crippen LogP) is 0.973. The van der Waals surface area contributed by atoms with Crippen LogP contribution in [0.2, 0.25) is 0 Å². The number of ether oxygens (including phenoxy) is 1. The topological polar surface area (TPSA) is 47.3 Å². The van der Waals surface area contributed by atoms with Crippen LogP contribution in [0.15, 0.2) is 12.3 Å². The molecule has 13 heavy (non-hydrogen) atoms. The number of aryl methyl sites for hydroxylation is 1. The van der Waals surface area contributed by atoms with Gasteiger partial charge in [0.25, 0.3) is 0 Å². The van der Waals surface area contributed by atoms with Gasteiger partial charge in [-0.25, -0.2) is 0 Å². The largest absolute Gasteiger partial charge is 0.384 e. The Morgan fingerprint density at radius 2 is 2.38 bits per heavy atom. The number of aliphatic hydroxyl groups is 1. The zero-order chi connectivity index (χ0) is 9.68. The van der Waals surface area contributed by atoms with Crippen LogP contribution in [-0.4, -0.2) is 28.1 Å². The molecule has 0 aliphatic heterocycles. The molecule has 1 aromatic heterocycles. The summed E-state index contributed by atoms with van der Waals surface area (Å²) >= 11 is 0. The second-order valence-electron chi connectivity index (χ2n) is 2.75. The minimum absolute atomic E-state index is 0.336. The first-order valence-electron chi connectivity index (χ1n) is 4.57. The molecule has 0 aliphatic carbocycles. The molecule has 4 heteroatoms. The lowest BCUT2D eigenvalue weighted by molar-refractivity contribution is 0.0373. The minimum atomic E-state index is -0.567. The van der Waals surface area contributed by atoms with Crippen molar-refractivity contribution in [1.82, 2.24) is 9.78 Å². The fraction of sp³-hybridized carbons (Fsp3) is 0.667. The van der Waals surface area contributed by atoms with E-state index >= 15 is 0 Å². The third-order valence-electron chi connectivity index (χ3n) is 1.87. The molecule has 1 heterocycles. The van der Waals surface area contributed by atoms with Gasteiger partial charge in [-0.3, -0.25) is 4.68 Å². The SMILES string of the molecule is CCOCC(O)c1ccnn1CC. The highest BCUT2D eigenvalue weighted by Gasteiger charge is 2.11. The van der Waals surface area contributed by atoms with E-state index in [-0.39, 0.29) is 0 Å². The van der Waals surface area contributed by atoms with Gasteiger partial charge in [-0.2, -0.15) is 5.10 Å². The van der Waals surface area contributed by atoms with Gasteiger partial charge in [0.05, 0.1) is 12.3 Å². The maximum Gasteiger partial charge on any atom is 0.119 e. The summed E-state index contributed by atoms with van der Waals surface area (Å²) in [4.78, 5) is 0. The van der Waals surface area contributed by atoms with Crippen LogP contribution in [0, 0.1) is 0 Å². The summed E-state index contributed by atoms with van der Waals surface area (Å²) in [7, 11) is 0. The molecule has 74 valence electrons. The first-order chi connectivity index (χ1) is 6.29. The molecule has 1 aromatic rings. The third kappa shape index (κ3) is 2.54. The van der Waals surface area contributed by atoms with Gasteiger partial charge in [0.2, 0.25) is 0 Å². The molecule has 4 nitrogen and oxygen atoms in total. The molecular weight excluding hydrogens is 168 g/mol. The predicted molar refractivity (Wildman–Crippen MR) is 49.4 cm³/mol. The van der Waals surface area contributed by atoms with Crippen molar-refractivity contribution >= 4 is 0 Å². The second kappa shape index (κ2) is 4.99. The average Bonchev–Trinajstić information content (AvgIpc) is 2.61. The third-order valence-corrected chi connectivity index (χ3v) is 1.87. The smallest absolute Gasteiger partial charge is 0.119 e. The minimum Gasteiger partial charge on any atom is -0.384 e. The average molecular weight is 184 g/mol. The molecule has 1 atom stereocenters. The standard InChI is InChI=1S/C9H16N2O2/c1-3-11-8(5-6-10-11)9(12)7-13-4-2/h5-6,9,12H,3-4,7H2,1-2H3. The highest BCUT2D eigenvalue weighted by atomic mass is 16.5. The summed E-state index contributed by atoms with van der Waals surface area (Å²) in [6, 6.07) is 1.81. The van der Waals surface area contributed by atoms with Crippen molar-refractivity contribution in [2.24, 2.45) is 0 Å². The zero-order valence-electron chi connectivity index (χ0n) is 8.10. The highest BCUT2D eigenvalue weighted by molar-refractivity contribution is 5.04. The molecule has 0 bridgehead atoms. The molecule has 0 saturated heterocycles. The van der Waals surface area contributed by atoms with E-state index in [0.717, 1.165) is 12.2 Å². The Balaban J connectivity index is 2.59. The van der Waals surface area contributed by atoms with Crippen molar-refractivity contribution in [2.75, 3.05) is 13.2 Å². The molecule has 0 radical (unpaired) electrons. The van der Waals surface area contributed by atoms with E-state index in [1.807, 2.05) is 19.9 Å². The number of aromatic nitrogens is 2. The van der Waals surface area contributed by atoms with Gasteiger partial charge < -0.3 is 9.84 Å².